The molecule has 0 bridgehead atoms. The van der Waals surface area contributed by atoms with E-state index in [-0.39, 0.29) is 0 Å². The minimum Gasteiger partial charge on any atom is -0.360 e. The van der Waals surface area contributed by atoms with E-state index in [0.717, 1.165) is 18.7 Å². The first kappa shape index (κ1) is 12.9. The van der Waals surface area contributed by atoms with Crippen LogP contribution in [0.15, 0.2) is 18.2 Å². The van der Waals surface area contributed by atoms with Crippen molar-refractivity contribution < 1.29 is 8.78 Å². The van der Waals surface area contributed by atoms with Crippen molar-refractivity contribution in [3.63, 3.8) is 0 Å². The van der Waals surface area contributed by atoms with Gasteiger partial charge in [0.05, 0.1) is 0 Å². The van der Waals surface area contributed by atoms with Gasteiger partial charge in [0, 0.05) is 23.6 Å². The van der Waals surface area contributed by atoms with Crippen molar-refractivity contribution in [1.29, 1.82) is 0 Å². The molecule has 6 heteroatoms. The Hall–Kier alpha value is -1.56. The van der Waals surface area contributed by atoms with Gasteiger partial charge >= 0.3 is 0 Å². The number of nitrogens with zero attached hydrogens (tertiary/aromatic N) is 2. The predicted octanol–water partition coefficient (Wildman–Crippen LogP) is 3.55. The van der Waals surface area contributed by atoms with Gasteiger partial charge in [-0.3, -0.25) is 0 Å². The van der Waals surface area contributed by atoms with Crippen LogP contribution in [0.4, 0.5) is 13.9 Å². The second kappa shape index (κ2) is 5.39. The van der Waals surface area contributed by atoms with Gasteiger partial charge in [-0.05, 0) is 24.1 Å². The topological polar surface area (TPSA) is 37.8 Å². The Morgan fingerprint density at radius 2 is 2.06 bits per heavy atom. The molecule has 2 aromatic rings. The van der Waals surface area contributed by atoms with Crippen LogP contribution < -0.4 is 5.32 Å². The molecule has 0 unspecified atom stereocenters. The number of benzene rings is 1. The minimum atomic E-state index is -0.890. The fraction of sp³-hybridized carbons (Fsp3) is 0.333. The molecule has 0 fully saturated rings. The van der Waals surface area contributed by atoms with E-state index < -0.39 is 11.6 Å². The van der Waals surface area contributed by atoms with Crippen LogP contribution >= 0.6 is 11.5 Å². The average Bonchev–Trinajstić information content (AvgIpc) is 2.79. The van der Waals surface area contributed by atoms with Gasteiger partial charge in [0.25, 0.3) is 0 Å². The molecule has 0 aliphatic rings. The molecule has 0 saturated carbocycles. The number of nitrogens with one attached hydrogen (secondary N) is 1. The van der Waals surface area contributed by atoms with Gasteiger partial charge < -0.3 is 5.32 Å². The van der Waals surface area contributed by atoms with E-state index in [9.17, 15) is 8.78 Å². The van der Waals surface area contributed by atoms with E-state index in [2.05, 4.69) is 28.5 Å². The summed E-state index contributed by atoms with van der Waals surface area (Å²) in [5.74, 6) is -0.850. The van der Waals surface area contributed by atoms with Crippen molar-refractivity contribution >= 4 is 16.7 Å². The SMILES string of the molecule is CC(C)CNc1nc(-c2ccc(F)c(F)c2)ns1. The molecule has 0 radical (unpaired) electrons. The summed E-state index contributed by atoms with van der Waals surface area (Å²) in [6, 6.07) is 3.64. The lowest BCUT2D eigenvalue weighted by atomic mass is 10.2. The van der Waals surface area contributed by atoms with Gasteiger partial charge in [0.1, 0.15) is 0 Å². The smallest absolute Gasteiger partial charge is 0.202 e. The summed E-state index contributed by atoms with van der Waals surface area (Å²) >= 11 is 1.21. The fourth-order valence-corrected chi connectivity index (χ4v) is 1.93. The van der Waals surface area contributed by atoms with Crippen molar-refractivity contribution in [2.75, 3.05) is 11.9 Å². The summed E-state index contributed by atoms with van der Waals surface area (Å²) in [5.41, 5.74) is 0.475. The molecular formula is C12H13F2N3S. The van der Waals surface area contributed by atoms with E-state index in [1.54, 1.807) is 0 Å². The molecule has 1 heterocycles. The summed E-state index contributed by atoms with van der Waals surface area (Å²) in [6.45, 7) is 4.97. The molecule has 1 aromatic carbocycles. The maximum Gasteiger partial charge on any atom is 0.202 e. The third-order valence-electron chi connectivity index (χ3n) is 2.27. The summed E-state index contributed by atoms with van der Waals surface area (Å²) in [6.07, 6.45) is 0. The summed E-state index contributed by atoms with van der Waals surface area (Å²) in [7, 11) is 0. The van der Waals surface area contributed by atoms with Gasteiger partial charge in [0.2, 0.25) is 5.13 Å². The third kappa shape index (κ3) is 3.01. The molecule has 1 N–H and O–H groups in total. The van der Waals surface area contributed by atoms with Gasteiger partial charge in [-0.25, -0.2) is 8.78 Å². The molecule has 0 aliphatic carbocycles. The van der Waals surface area contributed by atoms with Crippen LogP contribution in [0.2, 0.25) is 0 Å². The average molecular weight is 269 g/mol. The standard InChI is InChI=1S/C12H13F2N3S/c1-7(2)6-15-12-16-11(17-18-12)8-3-4-9(13)10(14)5-8/h3-5,7H,6H2,1-2H3,(H,15,16,17). The highest BCUT2D eigenvalue weighted by molar-refractivity contribution is 7.09. The highest BCUT2D eigenvalue weighted by Crippen LogP contribution is 2.22. The summed E-state index contributed by atoms with van der Waals surface area (Å²) in [4.78, 5) is 4.23. The summed E-state index contributed by atoms with van der Waals surface area (Å²) < 4.78 is 30.0. The lowest BCUT2D eigenvalue weighted by Gasteiger charge is -2.03. The van der Waals surface area contributed by atoms with Gasteiger partial charge in [-0.1, -0.05) is 13.8 Å². The Bertz CT molecular complexity index is 540. The molecule has 0 spiro atoms. The number of halogens is 2. The summed E-state index contributed by atoms with van der Waals surface area (Å²) in [5, 5.41) is 3.82. The number of rotatable bonds is 4. The zero-order valence-corrected chi connectivity index (χ0v) is 10.9. The minimum absolute atomic E-state index is 0.408. The second-order valence-corrected chi connectivity index (χ2v) is 5.08. The van der Waals surface area contributed by atoms with Crippen LogP contribution in [0, 0.1) is 17.6 Å². The van der Waals surface area contributed by atoms with Crippen LogP contribution in [0.5, 0.6) is 0 Å². The maximum atomic E-state index is 13.1. The predicted molar refractivity (Wildman–Crippen MR) is 68.6 cm³/mol. The highest BCUT2D eigenvalue weighted by Gasteiger charge is 2.09. The quantitative estimate of drug-likeness (QED) is 0.922. The molecule has 3 nitrogen and oxygen atoms in total. The van der Waals surface area contributed by atoms with Gasteiger partial charge in [-0.2, -0.15) is 9.36 Å². The van der Waals surface area contributed by atoms with E-state index in [4.69, 9.17) is 0 Å². The van der Waals surface area contributed by atoms with Gasteiger partial charge in [-0.15, -0.1) is 0 Å². The second-order valence-electron chi connectivity index (χ2n) is 4.33. The van der Waals surface area contributed by atoms with Crippen LogP contribution in [-0.4, -0.2) is 15.9 Å². The molecule has 18 heavy (non-hydrogen) atoms. The highest BCUT2D eigenvalue weighted by atomic mass is 32.1. The first-order chi connectivity index (χ1) is 8.56. The molecule has 0 amide bonds. The number of hydrogen-bond donors (Lipinski definition) is 1. The van der Waals surface area contributed by atoms with Crippen molar-refractivity contribution in [2.24, 2.45) is 5.92 Å². The lowest BCUT2D eigenvalue weighted by molar-refractivity contribution is 0.509. The normalized spacial score (nSPS) is 10.9. The van der Waals surface area contributed by atoms with E-state index >= 15 is 0 Å². The van der Waals surface area contributed by atoms with Crippen LogP contribution in [0.25, 0.3) is 11.4 Å². The van der Waals surface area contributed by atoms with Crippen LogP contribution in [0.1, 0.15) is 13.8 Å². The van der Waals surface area contributed by atoms with Crippen molar-refractivity contribution in [1.82, 2.24) is 9.36 Å². The Morgan fingerprint density at radius 1 is 1.28 bits per heavy atom. The van der Waals surface area contributed by atoms with Crippen molar-refractivity contribution in [3.05, 3.63) is 29.8 Å². The molecule has 2 rings (SSSR count). The maximum absolute atomic E-state index is 13.1. The molecule has 0 saturated heterocycles. The molecule has 96 valence electrons. The van der Waals surface area contributed by atoms with Crippen LogP contribution in [-0.2, 0) is 0 Å². The van der Waals surface area contributed by atoms with Gasteiger partial charge in [0.15, 0.2) is 17.5 Å². The van der Waals surface area contributed by atoms with E-state index in [1.807, 2.05) is 0 Å². The third-order valence-corrected chi connectivity index (χ3v) is 2.94. The zero-order chi connectivity index (χ0) is 13.1. The van der Waals surface area contributed by atoms with Crippen molar-refractivity contribution in [3.8, 4) is 11.4 Å². The van der Waals surface area contributed by atoms with E-state index in [1.165, 1.54) is 17.6 Å². The van der Waals surface area contributed by atoms with Crippen molar-refractivity contribution in [2.45, 2.75) is 13.8 Å². The number of aromatic nitrogens is 2. The Balaban J connectivity index is 2.16. The number of anilines is 1. The van der Waals surface area contributed by atoms with Crippen LogP contribution in [0.3, 0.4) is 0 Å². The molecule has 0 aliphatic heterocycles. The monoisotopic (exact) mass is 269 g/mol. The fourth-order valence-electron chi connectivity index (χ4n) is 1.34. The largest absolute Gasteiger partial charge is 0.360 e. The number of hydrogen-bond acceptors (Lipinski definition) is 4. The Morgan fingerprint density at radius 3 is 2.72 bits per heavy atom. The molecule has 0 atom stereocenters. The first-order valence-corrected chi connectivity index (χ1v) is 6.36. The Kier molecular flexibility index (Phi) is 3.86. The van der Waals surface area contributed by atoms with E-state index in [0.29, 0.717) is 22.4 Å². The molecular weight excluding hydrogens is 256 g/mol. The Labute approximate surface area is 108 Å². The lowest BCUT2D eigenvalue weighted by Crippen LogP contribution is -2.07. The first-order valence-electron chi connectivity index (χ1n) is 5.59. The molecule has 1 aromatic heterocycles. The zero-order valence-electron chi connectivity index (χ0n) is 10.1.